The van der Waals surface area contributed by atoms with E-state index in [9.17, 15) is 110 Å². The number of nitrogens with zero attached hydrogens (tertiary/aromatic N) is 1. The van der Waals surface area contributed by atoms with E-state index in [0.717, 1.165) is 0 Å². The minimum absolute atomic E-state index is 6.15. The first-order chi connectivity index (χ1) is 17.6. The van der Waals surface area contributed by atoms with Crippen LogP contribution in [-0.4, -0.2) is 87.9 Å². The zero-order chi connectivity index (χ0) is 34.6. The van der Waals surface area contributed by atoms with Gasteiger partial charge >= 0.3 is 83.0 Å². The van der Waals surface area contributed by atoms with E-state index < -0.39 is 87.9 Å². The van der Waals surface area contributed by atoms with E-state index in [-0.39, 0.29) is 0 Å². The quantitative estimate of drug-likeness (QED) is 0.213. The van der Waals surface area contributed by atoms with Crippen molar-refractivity contribution in [2.24, 2.45) is 0 Å². The van der Waals surface area contributed by atoms with Gasteiger partial charge in [-0.3, -0.25) is 0 Å². The van der Waals surface area contributed by atoms with Gasteiger partial charge in [0.1, 0.15) is 0 Å². The van der Waals surface area contributed by atoms with Gasteiger partial charge in [0.15, 0.2) is 0 Å². The van der Waals surface area contributed by atoms with Crippen LogP contribution in [0.3, 0.4) is 0 Å². The van der Waals surface area contributed by atoms with Crippen molar-refractivity contribution in [3.05, 3.63) is 0 Å². The van der Waals surface area contributed by atoms with Crippen molar-refractivity contribution in [1.29, 1.82) is 0 Å². The van der Waals surface area contributed by atoms with Gasteiger partial charge in [-0.15, -0.1) is 4.90 Å². The fraction of sp³-hybridized carbons (Fsp3) is 1.00. The Kier molecular flexibility index (Phi) is 6.76. The molecule has 0 saturated heterocycles. The molecule has 2 fully saturated rings. The standard InChI is InChI=1S/C14F27N/c15-1(16)3(19,20)7(27,28)11(35,8(29,30)4(1,21)22)42(14(40,41)13(37,38)39)12(36)9(31,32)5(23,24)2(17,18)6(25,26)10(12,33)34. The fourth-order valence-electron chi connectivity index (χ4n) is 3.70. The Bertz CT molecular complexity index is 974. The van der Waals surface area contributed by atoms with Crippen LogP contribution in [0.25, 0.3) is 0 Å². The smallest absolute Gasteiger partial charge is 0.212 e. The molecule has 0 heterocycles. The number of alkyl halides is 27. The highest BCUT2D eigenvalue weighted by atomic mass is 19.4. The Labute approximate surface area is 208 Å². The molecule has 0 unspecified atom stereocenters. The summed E-state index contributed by atoms with van der Waals surface area (Å²) in [6.45, 7) is 0. The van der Waals surface area contributed by atoms with Crippen LogP contribution in [0.4, 0.5) is 119 Å². The van der Waals surface area contributed by atoms with Crippen molar-refractivity contribution >= 4 is 0 Å². The minimum atomic E-state index is -10.0. The summed E-state index contributed by atoms with van der Waals surface area (Å²) in [6.07, 6.45) is -8.96. The van der Waals surface area contributed by atoms with Crippen molar-refractivity contribution in [3.63, 3.8) is 0 Å². The number of rotatable bonds is 3. The molecular formula is C14F27N. The van der Waals surface area contributed by atoms with Crippen molar-refractivity contribution in [3.8, 4) is 0 Å². The van der Waals surface area contributed by atoms with Crippen molar-refractivity contribution in [1.82, 2.24) is 4.90 Å². The van der Waals surface area contributed by atoms with Crippen LogP contribution in [0.5, 0.6) is 0 Å². The molecule has 0 aromatic rings. The Morgan fingerprint density at radius 1 is 0.262 bits per heavy atom. The van der Waals surface area contributed by atoms with Gasteiger partial charge in [-0.2, -0.15) is 110 Å². The Balaban J connectivity index is 3.47. The molecule has 1 nitrogen and oxygen atoms in total. The fourth-order valence-corrected chi connectivity index (χ4v) is 3.70. The molecule has 28 heteroatoms. The predicted octanol–water partition coefficient (Wildman–Crippen LogP) is 8.16. The third-order valence-electron chi connectivity index (χ3n) is 6.06. The molecule has 0 aliphatic heterocycles. The van der Waals surface area contributed by atoms with Gasteiger partial charge in [-0.05, 0) is 0 Å². The van der Waals surface area contributed by atoms with Crippen molar-refractivity contribution in [2.45, 2.75) is 83.0 Å². The SMILES string of the molecule is FC(F)(F)C(F)(F)N(C1(F)C(F)(F)C(F)(F)C(F)(F)C(F)(F)C1(F)F)C1(F)C(F)(F)C(F)(F)C(F)(F)C(F)(F)C1(F)F. The molecule has 0 bridgehead atoms. The summed E-state index contributed by atoms with van der Waals surface area (Å²) in [7, 11) is 0. The molecule has 0 N–H and O–H groups in total. The lowest BCUT2D eigenvalue weighted by atomic mass is 9.71. The average molecular weight is 695 g/mol. The van der Waals surface area contributed by atoms with Crippen LogP contribution in [-0.2, 0) is 0 Å². The van der Waals surface area contributed by atoms with Crippen LogP contribution in [0.15, 0.2) is 0 Å². The highest BCUT2D eigenvalue weighted by Crippen LogP contribution is 2.77. The van der Waals surface area contributed by atoms with E-state index in [1.807, 2.05) is 0 Å². The van der Waals surface area contributed by atoms with E-state index in [1.165, 1.54) is 0 Å². The summed E-state index contributed by atoms with van der Waals surface area (Å²) in [5.74, 6) is -112. The molecular weight excluding hydrogens is 695 g/mol. The van der Waals surface area contributed by atoms with Gasteiger partial charge < -0.3 is 0 Å². The summed E-state index contributed by atoms with van der Waals surface area (Å²) in [5, 5.41) is 0. The lowest BCUT2D eigenvalue weighted by Crippen LogP contribution is -2.96. The molecule has 0 amide bonds. The number of hydrogen-bond donors (Lipinski definition) is 0. The minimum Gasteiger partial charge on any atom is -0.212 e. The van der Waals surface area contributed by atoms with E-state index in [0.29, 0.717) is 0 Å². The van der Waals surface area contributed by atoms with E-state index in [2.05, 4.69) is 0 Å². The second-order valence-corrected chi connectivity index (χ2v) is 8.36. The highest BCUT2D eigenvalue weighted by Gasteiger charge is 3.10. The maximum atomic E-state index is 15.1. The highest BCUT2D eigenvalue weighted by molar-refractivity contribution is 5.33. The van der Waals surface area contributed by atoms with Gasteiger partial charge in [0.05, 0.1) is 0 Å². The molecule has 0 atom stereocenters. The van der Waals surface area contributed by atoms with Gasteiger partial charge in [0.25, 0.3) is 0 Å². The summed E-state index contributed by atoms with van der Waals surface area (Å²) < 4.78 is 372. The van der Waals surface area contributed by atoms with E-state index >= 15 is 8.78 Å². The van der Waals surface area contributed by atoms with Gasteiger partial charge in [-0.25, -0.2) is 8.78 Å². The second kappa shape index (κ2) is 7.82. The van der Waals surface area contributed by atoms with Crippen LogP contribution >= 0.6 is 0 Å². The Hall–Kier alpha value is -1.93. The topological polar surface area (TPSA) is 3.24 Å². The normalized spacial score (nSPS) is 32.3. The first kappa shape index (κ1) is 36.3. The average Bonchev–Trinajstić information content (AvgIpc) is 2.74. The molecule has 42 heavy (non-hydrogen) atoms. The molecule has 0 aromatic heterocycles. The molecule has 2 aliphatic carbocycles. The summed E-state index contributed by atoms with van der Waals surface area (Å²) >= 11 is 0. The first-order valence-corrected chi connectivity index (χ1v) is 9.02. The lowest BCUT2D eigenvalue weighted by molar-refractivity contribution is -0.577. The molecule has 0 spiro atoms. The van der Waals surface area contributed by atoms with Gasteiger partial charge in [-0.1, -0.05) is 0 Å². The Morgan fingerprint density at radius 3 is 0.548 bits per heavy atom. The van der Waals surface area contributed by atoms with Crippen molar-refractivity contribution in [2.75, 3.05) is 0 Å². The predicted molar refractivity (Wildman–Crippen MR) is 70.0 cm³/mol. The van der Waals surface area contributed by atoms with Crippen LogP contribution in [0, 0.1) is 0 Å². The van der Waals surface area contributed by atoms with E-state index in [1.54, 1.807) is 0 Å². The van der Waals surface area contributed by atoms with Gasteiger partial charge in [0.2, 0.25) is 0 Å². The largest absolute Gasteiger partial charge is 0.469 e. The van der Waals surface area contributed by atoms with Crippen LogP contribution in [0.1, 0.15) is 0 Å². The molecule has 2 rings (SSSR count). The zero-order valence-electron chi connectivity index (χ0n) is 17.7. The Morgan fingerprint density at radius 2 is 0.405 bits per heavy atom. The van der Waals surface area contributed by atoms with Crippen LogP contribution < -0.4 is 0 Å². The van der Waals surface area contributed by atoms with Gasteiger partial charge in [0, 0.05) is 0 Å². The maximum absolute atomic E-state index is 15.1. The summed E-state index contributed by atoms with van der Waals surface area (Å²) in [4.78, 5) is -6.15. The number of hydrogen-bond acceptors (Lipinski definition) is 1. The second-order valence-electron chi connectivity index (χ2n) is 8.36. The molecule has 0 radical (unpaired) electrons. The lowest BCUT2D eigenvalue weighted by Gasteiger charge is -2.62. The molecule has 2 aliphatic rings. The summed E-state index contributed by atoms with van der Waals surface area (Å²) in [5.41, 5.74) is 0. The molecule has 0 aromatic carbocycles. The summed E-state index contributed by atoms with van der Waals surface area (Å²) in [6, 6.07) is -9.62. The molecule has 2 saturated carbocycles. The maximum Gasteiger partial charge on any atom is 0.469 e. The zero-order valence-corrected chi connectivity index (χ0v) is 17.7. The first-order valence-electron chi connectivity index (χ1n) is 9.02. The number of halogens is 27. The third kappa shape index (κ3) is 2.95. The van der Waals surface area contributed by atoms with Crippen molar-refractivity contribution < 1.29 is 119 Å². The van der Waals surface area contributed by atoms with E-state index in [4.69, 9.17) is 0 Å². The van der Waals surface area contributed by atoms with Crippen LogP contribution in [0.2, 0.25) is 0 Å². The monoisotopic (exact) mass is 695 g/mol. The molecule has 250 valence electrons. The third-order valence-corrected chi connectivity index (χ3v) is 6.06.